The third-order valence-corrected chi connectivity index (χ3v) is 5.16. The number of carbonyl (C=O) groups is 1. The molecule has 6 heteroatoms. The van der Waals surface area contributed by atoms with Crippen LogP contribution >= 0.6 is 0 Å². The Bertz CT molecular complexity index is 1250. The second kappa shape index (κ2) is 8.67. The molecule has 0 aromatic heterocycles. The first-order valence-electron chi connectivity index (χ1n) is 9.81. The summed E-state index contributed by atoms with van der Waals surface area (Å²) >= 11 is 0. The maximum atomic E-state index is 12.9. The monoisotopic (exact) mass is 412 g/mol. The summed E-state index contributed by atoms with van der Waals surface area (Å²) < 4.78 is 0. The predicted octanol–water partition coefficient (Wildman–Crippen LogP) is 4.90. The molecule has 0 aliphatic carbocycles. The van der Waals surface area contributed by atoms with Crippen LogP contribution in [0.5, 0.6) is 5.75 Å². The molecular formula is C25H20N2O4. The van der Waals surface area contributed by atoms with E-state index in [0.717, 1.165) is 16.3 Å². The van der Waals surface area contributed by atoms with E-state index in [4.69, 9.17) is 0 Å². The van der Waals surface area contributed by atoms with Crippen molar-refractivity contribution >= 4 is 22.4 Å². The van der Waals surface area contributed by atoms with Gasteiger partial charge in [-0.2, -0.15) is 0 Å². The maximum Gasteiger partial charge on any atom is 0.269 e. The Morgan fingerprint density at radius 1 is 0.935 bits per heavy atom. The number of nitrogens with zero attached hydrogens (tertiary/aromatic N) is 1. The largest absolute Gasteiger partial charge is 0.508 e. The molecule has 0 spiro atoms. The normalized spacial score (nSPS) is 11.7. The fourth-order valence-electron chi connectivity index (χ4n) is 3.72. The second-order valence-corrected chi connectivity index (χ2v) is 7.23. The zero-order valence-corrected chi connectivity index (χ0v) is 16.6. The molecule has 1 amide bonds. The number of phenolic OH excluding ortho intramolecular Hbond substituents is 1. The first kappa shape index (κ1) is 20.1. The molecule has 6 nitrogen and oxygen atoms in total. The highest BCUT2D eigenvalue weighted by Crippen LogP contribution is 2.36. The molecule has 0 fully saturated rings. The highest BCUT2D eigenvalue weighted by Gasteiger charge is 2.24. The number of nitrogens with one attached hydrogen (secondary N) is 1. The van der Waals surface area contributed by atoms with Crippen molar-refractivity contribution in [3.05, 3.63) is 118 Å². The van der Waals surface area contributed by atoms with Crippen LogP contribution in [-0.4, -0.2) is 15.9 Å². The number of phenols is 1. The molecule has 0 radical (unpaired) electrons. The lowest BCUT2D eigenvalue weighted by Crippen LogP contribution is -2.30. The van der Waals surface area contributed by atoms with Gasteiger partial charge in [-0.3, -0.25) is 14.9 Å². The van der Waals surface area contributed by atoms with E-state index >= 15 is 0 Å². The summed E-state index contributed by atoms with van der Waals surface area (Å²) in [4.78, 5) is 23.8. The van der Waals surface area contributed by atoms with E-state index in [1.807, 2.05) is 54.6 Å². The van der Waals surface area contributed by atoms with Crippen molar-refractivity contribution < 1.29 is 14.8 Å². The molecule has 0 bridgehead atoms. The van der Waals surface area contributed by atoms with Gasteiger partial charge in [-0.1, -0.05) is 72.8 Å². The lowest BCUT2D eigenvalue weighted by molar-refractivity contribution is -0.384. The SMILES string of the molecule is O=C(Cc1ccccc1)NC(c1cccc([N+](=O)[O-])c1)c1c(O)ccc2ccccc12. The van der Waals surface area contributed by atoms with Gasteiger partial charge in [0.2, 0.25) is 5.91 Å². The number of nitro groups is 1. The highest BCUT2D eigenvalue weighted by atomic mass is 16.6. The van der Waals surface area contributed by atoms with Gasteiger partial charge in [0.1, 0.15) is 5.75 Å². The molecule has 0 saturated heterocycles. The molecule has 2 N–H and O–H groups in total. The summed E-state index contributed by atoms with van der Waals surface area (Å²) in [5, 5.41) is 26.7. The van der Waals surface area contributed by atoms with Crippen LogP contribution < -0.4 is 5.32 Å². The first-order valence-corrected chi connectivity index (χ1v) is 9.81. The van der Waals surface area contributed by atoms with Crippen LogP contribution in [0.2, 0.25) is 0 Å². The summed E-state index contributed by atoms with van der Waals surface area (Å²) in [6, 6.07) is 25.5. The maximum absolute atomic E-state index is 12.9. The van der Waals surface area contributed by atoms with Crippen LogP contribution in [0.15, 0.2) is 91.0 Å². The van der Waals surface area contributed by atoms with Crippen LogP contribution in [0.4, 0.5) is 5.69 Å². The molecule has 154 valence electrons. The fraction of sp³-hybridized carbons (Fsp3) is 0.0800. The summed E-state index contributed by atoms with van der Waals surface area (Å²) in [7, 11) is 0. The van der Waals surface area contributed by atoms with E-state index < -0.39 is 11.0 Å². The minimum Gasteiger partial charge on any atom is -0.508 e. The summed E-state index contributed by atoms with van der Waals surface area (Å²) in [5.74, 6) is -0.245. The van der Waals surface area contributed by atoms with E-state index in [1.165, 1.54) is 12.1 Å². The Morgan fingerprint density at radius 3 is 2.45 bits per heavy atom. The minimum absolute atomic E-state index is 0.00946. The number of aromatic hydroxyl groups is 1. The fourth-order valence-corrected chi connectivity index (χ4v) is 3.72. The van der Waals surface area contributed by atoms with Crippen molar-refractivity contribution in [1.29, 1.82) is 0 Å². The molecule has 1 unspecified atom stereocenters. The second-order valence-electron chi connectivity index (χ2n) is 7.23. The number of fused-ring (bicyclic) bond motifs is 1. The van der Waals surface area contributed by atoms with Crippen molar-refractivity contribution in [1.82, 2.24) is 5.32 Å². The average Bonchev–Trinajstić information content (AvgIpc) is 2.78. The van der Waals surface area contributed by atoms with E-state index in [9.17, 15) is 20.0 Å². The van der Waals surface area contributed by atoms with Gasteiger partial charge in [-0.05, 0) is 28.0 Å². The number of hydrogen-bond donors (Lipinski definition) is 2. The van der Waals surface area contributed by atoms with Gasteiger partial charge in [0.25, 0.3) is 5.69 Å². The molecule has 0 aliphatic rings. The summed E-state index contributed by atoms with van der Waals surface area (Å²) in [6.07, 6.45) is 0.151. The van der Waals surface area contributed by atoms with Crippen molar-refractivity contribution in [3.63, 3.8) is 0 Å². The molecule has 0 aliphatic heterocycles. The number of hydrogen-bond acceptors (Lipinski definition) is 4. The quantitative estimate of drug-likeness (QED) is 0.348. The van der Waals surface area contributed by atoms with Gasteiger partial charge in [0.05, 0.1) is 17.4 Å². The van der Waals surface area contributed by atoms with Gasteiger partial charge < -0.3 is 10.4 Å². The van der Waals surface area contributed by atoms with E-state index in [2.05, 4.69) is 5.32 Å². The van der Waals surface area contributed by atoms with Gasteiger partial charge in [0.15, 0.2) is 0 Å². The van der Waals surface area contributed by atoms with Crippen molar-refractivity contribution in [2.75, 3.05) is 0 Å². The number of non-ortho nitro benzene ring substituents is 1. The van der Waals surface area contributed by atoms with Crippen LogP contribution in [0.1, 0.15) is 22.7 Å². The lowest BCUT2D eigenvalue weighted by Gasteiger charge is -2.22. The van der Waals surface area contributed by atoms with E-state index in [1.54, 1.807) is 24.3 Å². The third-order valence-electron chi connectivity index (χ3n) is 5.16. The van der Waals surface area contributed by atoms with Crippen molar-refractivity contribution in [2.24, 2.45) is 0 Å². The molecule has 0 heterocycles. The number of amides is 1. The standard InChI is InChI=1S/C25H20N2O4/c28-22-14-13-18-9-4-5-12-21(18)24(22)25(19-10-6-11-20(16-19)27(30)31)26-23(29)15-17-7-2-1-3-8-17/h1-14,16,25,28H,15H2,(H,26,29). The molecular weight excluding hydrogens is 392 g/mol. The van der Waals surface area contributed by atoms with Gasteiger partial charge in [0, 0.05) is 17.7 Å². The minimum atomic E-state index is -0.762. The first-order chi connectivity index (χ1) is 15.0. The Labute approximate surface area is 178 Å². The van der Waals surface area contributed by atoms with Crippen LogP contribution in [0, 0.1) is 10.1 Å². The molecule has 4 aromatic carbocycles. The molecule has 1 atom stereocenters. The van der Waals surface area contributed by atoms with Crippen LogP contribution in [0.3, 0.4) is 0 Å². The van der Waals surface area contributed by atoms with Crippen molar-refractivity contribution in [3.8, 4) is 5.75 Å². The topological polar surface area (TPSA) is 92.5 Å². The number of benzene rings is 4. The van der Waals surface area contributed by atoms with Gasteiger partial charge >= 0.3 is 0 Å². The Kier molecular flexibility index (Phi) is 5.62. The number of rotatable bonds is 6. The highest BCUT2D eigenvalue weighted by molar-refractivity contribution is 5.89. The van der Waals surface area contributed by atoms with Crippen LogP contribution in [0.25, 0.3) is 10.8 Å². The smallest absolute Gasteiger partial charge is 0.269 e. The average molecular weight is 412 g/mol. The zero-order valence-electron chi connectivity index (χ0n) is 16.6. The predicted molar refractivity (Wildman–Crippen MR) is 119 cm³/mol. The van der Waals surface area contributed by atoms with E-state index in [-0.39, 0.29) is 23.8 Å². The zero-order chi connectivity index (χ0) is 21.8. The Hall–Kier alpha value is -4.19. The molecule has 4 aromatic rings. The van der Waals surface area contributed by atoms with Gasteiger partial charge in [-0.25, -0.2) is 0 Å². The Morgan fingerprint density at radius 2 is 1.68 bits per heavy atom. The molecule has 4 rings (SSSR count). The molecule has 0 saturated carbocycles. The number of nitro benzene ring substituents is 1. The van der Waals surface area contributed by atoms with Gasteiger partial charge in [-0.15, -0.1) is 0 Å². The summed E-state index contributed by atoms with van der Waals surface area (Å²) in [6.45, 7) is 0. The lowest BCUT2D eigenvalue weighted by atomic mass is 9.92. The third kappa shape index (κ3) is 4.38. The Balaban J connectivity index is 1.80. The van der Waals surface area contributed by atoms with E-state index in [0.29, 0.717) is 11.1 Å². The summed E-state index contributed by atoms with van der Waals surface area (Å²) in [5.41, 5.74) is 1.78. The number of carbonyl (C=O) groups excluding carboxylic acids is 1. The van der Waals surface area contributed by atoms with Crippen molar-refractivity contribution in [2.45, 2.75) is 12.5 Å². The molecule has 31 heavy (non-hydrogen) atoms. The van der Waals surface area contributed by atoms with Crippen LogP contribution in [-0.2, 0) is 11.2 Å².